The second-order valence-corrected chi connectivity index (χ2v) is 6.71. The van der Waals surface area contributed by atoms with Crippen molar-refractivity contribution in [2.45, 2.75) is 13.3 Å². The van der Waals surface area contributed by atoms with Crippen LogP contribution in [0, 0.1) is 6.92 Å². The first kappa shape index (κ1) is 18.6. The van der Waals surface area contributed by atoms with Gasteiger partial charge in [-0.1, -0.05) is 48.5 Å². The molecule has 0 bridgehead atoms. The summed E-state index contributed by atoms with van der Waals surface area (Å²) in [5, 5.41) is 0.765. The number of para-hydroxylation sites is 1. The van der Waals surface area contributed by atoms with E-state index in [1.165, 1.54) is 11.3 Å². The van der Waals surface area contributed by atoms with Crippen molar-refractivity contribution in [2.75, 3.05) is 6.61 Å². The largest absolute Gasteiger partial charge is 0.493 e. The van der Waals surface area contributed by atoms with Crippen molar-refractivity contribution >= 4 is 23.2 Å². The third kappa shape index (κ3) is 5.15. The maximum atomic E-state index is 12.3. The van der Waals surface area contributed by atoms with E-state index in [1.54, 1.807) is 6.92 Å². The Labute approximate surface area is 161 Å². The standard InChI is InChI=1S/C20H19N3O3S/c1-14-18(27-20(21-14)15-8-4-2-5-9-15)19(25)23-22-17(24)12-13-26-16-10-6-3-7-11-16/h2-11H,12-13H2,1H3,(H,22,24)(H,23,25). The number of aromatic nitrogens is 1. The smallest absolute Gasteiger partial charge is 0.281 e. The summed E-state index contributed by atoms with van der Waals surface area (Å²) >= 11 is 1.29. The number of aryl methyl sites for hydroxylation is 1. The Hall–Kier alpha value is -3.19. The van der Waals surface area contributed by atoms with Crippen LogP contribution in [0.2, 0.25) is 0 Å². The highest BCUT2D eigenvalue weighted by Crippen LogP contribution is 2.27. The topological polar surface area (TPSA) is 80.3 Å². The summed E-state index contributed by atoms with van der Waals surface area (Å²) in [6, 6.07) is 18.9. The summed E-state index contributed by atoms with van der Waals surface area (Å²) in [4.78, 5) is 29.1. The summed E-state index contributed by atoms with van der Waals surface area (Å²) in [5.74, 6) is -0.0164. The molecule has 6 nitrogen and oxygen atoms in total. The Morgan fingerprint density at radius 2 is 1.67 bits per heavy atom. The van der Waals surface area contributed by atoms with Crippen molar-refractivity contribution in [2.24, 2.45) is 0 Å². The van der Waals surface area contributed by atoms with Gasteiger partial charge in [0.25, 0.3) is 5.91 Å². The average molecular weight is 381 g/mol. The molecule has 1 aromatic heterocycles. The predicted octanol–water partition coefficient (Wildman–Crippen LogP) is 3.35. The van der Waals surface area contributed by atoms with E-state index >= 15 is 0 Å². The van der Waals surface area contributed by atoms with E-state index < -0.39 is 0 Å². The zero-order valence-corrected chi connectivity index (χ0v) is 15.6. The van der Waals surface area contributed by atoms with Crippen molar-refractivity contribution in [3.63, 3.8) is 0 Å². The number of thiazole rings is 1. The number of ether oxygens (including phenoxy) is 1. The van der Waals surface area contributed by atoms with E-state index in [9.17, 15) is 9.59 Å². The van der Waals surface area contributed by atoms with Gasteiger partial charge in [0.05, 0.1) is 18.7 Å². The molecule has 0 saturated heterocycles. The van der Waals surface area contributed by atoms with Gasteiger partial charge in [-0.15, -0.1) is 11.3 Å². The number of hydrogen-bond donors (Lipinski definition) is 2. The molecule has 2 amide bonds. The fourth-order valence-corrected chi connectivity index (χ4v) is 3.30. The number of rotatable bonds is 6. The maximum absolute atomic E-state index is 12.3. The number of carbonyl (C=O) groups excluding carboxylic acids is 2. The zero-order chi connectivity index (χ0) is 19.1. The third-order valence-corrected chi connectivity index (χ3v) is 4.89. The fraction of sp³-hybridized carbons (Fsp3) is 0.150. The summed E-state index contributed by atoms with van der Waals surface area (Å²) in [7, 11) is 0. The molecule has 2 N–H and O–H groups in total. The van der Waals surface area contributed by atoms with Gasteiger partial charge in [-0.25, -0.2) is 4.98 Å². The molecule has 3 aromatic rings. The third-order valence-electron chi connectivity index (χ3n) is 3.68. The molecular formula is C20H19N3O3S. The molecule has 0 unspecified atom stereocenters. The minimum atomic E-state index is -0.385. The van der Waals surface area contributed by atoms with E-state index in [-0.39, 0.29) is 24.8 Å². The monoisotopic (exact) mass is 381 g/mol. The summed E-state index contributed by atoms with van der Waals surface area (Å²) in [5.41, 5.74) is 6.41. The quantitative estimate of drug-likeness (QED) is 0.642. The number of nitrogens with zero attached hydrogens (tertiary/aromatic N) is 1. The van der Waals surface area contributed by atoms with E-state index in [2.05, 4.69) is 15.8 Å². The minimum absolute atomic E-state index is 0.131. The zero-order valence-electron chi connectivity index (χ0n) is 14.8. The summed E-state index contributed by atoms with van der Waals surface area (Å²) in [6.45, 7) is 2.00. The van der Waals surface area contributed by atoms with Crippen LogP contribution in [0.1, 0.15) is 21.8 Å². The van der Waals surface area contributed by atoms with Crippen LogP contribution in [0.3, 0.4) is 0 Å². The average Bonchev–Trinajstić information content (AvgIpc) is 3.09. The Morgan fingerprint density at radius 3 is 2.37 bits per heavy atom. The van der Waals surface area contributed by atoms with E-state index in [1.807, 2.05) is 60.7 Å². The fourth-order valence-electron chi connectivity index (χ4n) is 2.34. The molecule has 0 radical (unpaired) electrons. The van der Waals surface area contributed by atoms with Crippen LogP contribution in [0.4, 0.5) is 0 Å². The Bertz CT molecular complexity index is 911. The van der Waals surface area contributed by atoms with Gasteiger partial charge in [0.2, 0.25) is 5.91 Å². The van der Waals surface area contributed by atoms with Crippen LogP contribution in [0.25, 0.3) is 10.6 Å². The predicted molar refractivity (Wildman–Crippen MR) is 104 cm³/mol. The van der Waals surface area contributed by atoms with Gasteiger partial charge < -0.3 is 4.74 Å². The molecule has 0 saturated carbocycles. The van der Waals surface area contributed by atoms with Crippen LogP contribution < -0.4 is 15.6 Å². The Morgan fingerprint density at radius 1 is 1.00 bits per heavy atom. The van der Waals surface area contributed by atoms with Crippen molar-refractivity contribution in [3.05, 3.63) is 71.2 Å². The van der Waals surface area contributed by atoms with E-state index in [4.69, 9.17) is 4.74 Å². The van der Waals surface area contributed by atoms with Crippen molar-refractivity contribution in [3.8, 4) is 16.3 Å². The van der Waals surface area contributed by atoms with Crippen molar-refractivity contribution in [1.82, 2.24) is 15.8 Å². The van der Waals surface area contributed by atoms with Crippen LogP contribution in [-0.2, 0) is 4.79 Å². The molecule has 2 aromatic carbocycles. The van der Waals surface area contributed by atoms with Gasteiger partial charge in [-0.2, -0.15) is 0 Å². The number of benzene rings is 2. The number of hydrogen-bond acceptors (Lipinski definition) is 5. The summed E-state index contributed by atoms with van der Waals surface area (Å²) < 4.78 is 5.46. The van der Waals surface area contributed by atoms with Gasteiger partial charge in [-0.3, -0.25) is 20.4 Å². The molecule has 0 atom stereocenters. The van der Waals surface area contributed by atoms with Gasteiger partial charge in [-0.05, 0) is 19.1 Å². The first-order valence-electron chi connectivity index (χ1n) is 8.43. The van der Waals surface area contributed by atoms with Crippen LogP contribution in [0.5, 0.6) is 5.75 Å². The van der Waals surface area contributed by atoms with Crippen molar-refractivity contribution < 1.29 is 14.3 Å². The van der Waals surface area contributed by atoms with E-state index in [0.717, 1.165) is 10.6 Å². The molecule has 0 fully saturated rings. The van der Waals surface area contributed by atoms with Crippen LogP contribution in [0.15, 0.2) is 60.7 Å². The van der Waals surface area contributed by atoms with Gasteiger partial charge >= 0.3 is 0 Å². The molecule has 0 aliphatic heterocycles. The normalized spacial score (nSPS) is 10.3. The first-order valence-corrected chi connectivity index (χ1v) is 9.25. The molecule has 7 heteroatoms. The minimum Gasteiger partial charge on any atom is -0.493 e. The molecular weight excluding hydrogens is 362 g/mol. The molecule has 3 rings (SSSR count). The van der Waals surface area contributed by atoms with Gasteiger partial charge in [0, 0.05) is 5.56 Å². The lowest BCUT2D eigenvalue weighted by atomic mass is 10.2. The molecule has 27 heavy (non-hydrogen) atoms. The Balaban J connectivity index is 1.49. The van der Waals surface area contributed by atoms with Crippen LogP contribution in [-0.4, -0.2) is 23.4 Å². The lowest BCUT2D eigenvalue weighted by molar-refractivity contribution is -0.122. The van der Waals surface area contributed by atoms with E-state index in [0.29, 0.717) is 16.3 Å². The maximum Gasteiger partial charge on any atom is 0.281 e. The van der Waals surface area contributed by atoms with Gasteiger partial charge in [0.1, 0.15) is 15.6 Å². The molecule has 1 heterocycles. The number of amides is 2. The highest BCUT2D eigenvalue weighted by molar-refractivity contribution is 7.17. The SMILES string of the molecule is Cc1nc(-c2ccccc2)sc1C(=O)NNC(=O)CCOc1ccccc1. The Kier molecular flexibility index (Phi) is 6.17. The molecule has 0 spiro atoms. The molecule has 138 valence electrons. The van der Waals surface area contributed by atoms with Crippen molar-refractivity contribution in [1.29, 1.82) is 0 Å². The second kappa shape index (κ2) is 8.95. The lowest BCUT2D eigenvalue weighted by Gasteiger charge is -2.08. The highest BCUT2D eigenvalue weighted by Gasteiger charge is 2.16. The summed E-state index contributed by atoms with van der Waals surface area (Å²) in [6.07, 6.45) is 0.131. The first-order chi connectivity index (χ1) is 13.1. The molecule has 0 aliphatic rings. The number of hydrazine groups is 1. The molecule has 0 aliphatic carbocycles. The highest BCUT2D eigenvalue weighted by atomic mass is 32.1. The lowest BCUT2D eigenvalue weighted by Crippen LogP contribution is -2.42. The van der Waals surface area contributed by atoms with Gasteiger partial charge in [0.15, 0.2) is 0 Å². The number of nitrogens with one attached hydrogen (secondary N) is 2. The second-order valence-electron chi connectivity index (χ2n) is 5.71. The van der Waals surface area contributed by atoms with Crippen LogP contribution >= 0.6 is 11.3 Å². The number of carbonyl (C=O) groups is 2.